The summed E-state index contributed by atoms with van der Waals surface area (Å²) in [7, 11) is 1.62. The van der Waals surface area contributed by atoms with Crippen LogP contribution in [0.1, 0.15) is 32.5 Å². The summed E-state index contributed by atoms with van der Waals surface area (Å²) in [5.41, 5.74) is 0. The number of aromatic nitrogens is 2. The fourth-order valence-corrected chi connectivity index (χ4v) is 1.56. The molecule has 0 aliphatic rings. The predicted octanol–water partition coefficient (Wildman–Crippen LogP) is 2.64. The van der Waals surface area contributed by atoms with Crippen LogP contribution in [0.2, 0.25) is 0 Å². The molecular weight excluding hydrogens is 202 g/mol. The van der Waals surface area contributed by atoms with Gasteiger partial charge in [0.1, 0.15) is 11.6 Å². The first kappa shape index (κ1) is 12.7. The van der Waals surface area contributed by atoms with Gasteiger partial charge in [-0.15, -0.1) is 0 Å². The summed E-state index contributed by atoms with van der Waals surface area (Å²) in [5, 5.41) is 3.33. The zero-order valence-electron chi connectivity index (χ0n) is 10.6. The van der Waals surface area contributed by atoms with Crippen molar-refractivity contribution in [1.29, 1.82) is 0 Å². The maximum Gasteiger partial charge on any atom is 0.218 e. The summed E-state index contributed by atoms with van der Waals surface area (Å²) in [6.45, 7) is 7.24. The second kappa shape index (κ2) is 6.30. The van der Waals surface area contributed by atoms with Crippen molar-refractivity contribution in [1.82, 2.24) is 9.97 Å². The normalized spacial score (nSPS) is 10.6. The smallest absolute Gasteiger partial charge is 0.218 e. The quantitative estimate of drug-likeness (QED) is 0.805. The maximum atomic E-state index is 5.10. The Balaban J connectivity index is 2.62. The van der Waals surface area contributed by atoms with Crippen LogP contribution in [-0.4, -0.2) is 23.6 Å². The number of hydrogen-bond acceptors (Lipinski definition) is 4. The van der Waals surface area contributed by atoms with Crippen molar-refractivity contribution < 1.29 is 4.74 Å². The number of nitrogens with one attached hydrogen (secondary N) is 1. The van der Waals surface area contributed by atoms with Crippen molar-refractivity contribution in [3.8, 4) is 5.88 Å². The van der Waals surface area contributed by atoms with Crippen molar-refractivity contribution in [3.05, 3.63) is 11.9 Å². The molecule has 0 aromatic carbocycles. The van der Waals surface area contributed by atoms with Crippen LogP contribution >= 0.6 is 0 Å². The van der Waals surface area contributed by atoms with E-state index in [2.05, 4.69) is 29.1 Å². The molecule has 0 unspecified atom stereocenters. The van der Waals surface area contributed by atoms with Gasteiger partial charge in [0.05, 0.1) is 7.11 Å². The minimum absolute atomic E-state index is 0.611. The predicted molar refractivity (Wildman–Crippen MR) is 65.9 cm³/mol. The highest BCUT2D eigenvalue weighted by Gasteiger charge is 2.05. The van der Waals surface area contributed by atoms with E-state index in [4.69, 9.17) is 4.74 Å². The van der Waals surface area contributed by atoms with E-state index in [1.54, 1.807) is 7.11 Å². The molecule has 0 saturated carbocycles. The molecule has 0 fully saturated rings. The van der Waals surface area contributed by atoms with Crippen molar-refractivity contribution >= 4 is 5.82 Å². The van der Waals surface area contributed by atoms with Gasteiger partial charge in [-0.3, -0.25) is 0 Å². The summed E-state index contributed by atoms with van der Waals surface area (Å²) in [6, 6.07) is 1.83. The molecule has 0 bridgehead atoms. The average Bonchev–Trinajstić information content (AvgIpc) is 2.29. The highest BCUT2D eigenvalue weighted by atomic mass is 16.5. The standard InChI is InChI=1S/C12H21N3O/c1-5-10(6-2)8-13-11-7-12(16-4)15-9(3)14-11/h7,10H,5-6,8H2,1-4H3,(H,13,14,15). The van der Waals surface area contributed by atoms with Gasteiger partial charge in [-0.1, -0.05) is 26.7 Å². The molecule has 0 aliphatic carbocycles. The number of methoxy groups -OCH3 is 1. The van der Waals surface area contributed by atoms with Crippen LogP contribution in [0.15, 0.2) is 6.07 Å². The zero-order chi connectivity index (χ0) is 12.0. The molecule has 1 aromatic heterocycles. The van der Waals surface area contributed by atoms with Crippen molar-refractivity contribution in [2.75, 3.05) is 19.0 Å². The van der Waals surface area contributed by atoms with E-state index in [0.29, 0.717) is 11.8 Å². The first-order chi connectivity index (χ1) is 7.69. The van der Waals surface area contributed by atoms with Crippen molar-refractivity contribution in [3.63, 3.8) is 0 Å². The molecule has 1 heterocycles. The van der Waals surface area contributed by atoms with Gasteiger partial charge in [0.15, 0.2) is 0 Å². The Morgan fingerprint density at radius 3 is 2.56 bits per heavy atom. The summed E-state index contributed by atoms with van der Waals surface area (Å²) in [5.74, 6) is 2.88. The van der Waals surface area contributed by atoms with Crippen LogP contribution in [0, 0.1) is 12.8 Å². The van der Waals surface area contributed by atoms with E-state index in [9.17, 15) is 0 Å². The molecule has 1 N–H and O–H groups in total. The lowest BCUT2D eigenvalue weighted by atomic mass is 10.0. The Hall–Kier alpha value is -1.32. The van der Waals surface area contributed by atoms with Gasteiger partial charge in [-0.05, 0) is 12.8 Å². The molecule has 16 heavy (non-hydrogen) atoms. The lowest BCUT2D eigenvalue weighted by Crippen LogP contribution is -2.14. The molecule has 0 spiro atoms. The van der Waals surface area contributed by atoms with Crippen LogP contribution < -0.4 is 10.1 Å². The van der Waals surface area contributed by atoms with Crippen LogP contribution in [0.25, 0.3) is 0 Å². The number of ether oxygens (including phenoxy) is 1. The number of nitrogens with zero attached hydrogens (tertiary/aromatic N) is 2. The summed E-state index contributed by atoms with van der Waals surface area (Å²) in [6.07, 6.45) is 2.37. The molecule has 0 atom stereocenters. The Morgan fingerprint density at radius 1 is 1.31 bits per heavy atom. The SMILES string of the molecule is CCC(CC)CNc1cc(OC)nc(C)n1. The molecule has 1 rings (SSSR count). The van der Waals surface area contributed by atoms with Gasteiger partial charge in [-0.25, -0.2) is 4.98 Å². The Kier molecular flexibility index (Phi) is 5.02. The Bertz CT molecular complexity index is 324. The van der Waals surface area contributed by atoms with E-state index in [1.807, 2.05) is 13.0 Å². The highest BCUT2D eigenvalue weighted by Crippen LogP contribution is 2.14. The highest BCUT2D eigenvalue weighted by molar-refractivity contribution is 5.38. The van der Waals surface area contributed by atoms with E-state index < -0.39 is 0 Å². The Labute approximate surface area is 97.5 Å². The molecule has 0 aliphatic heterocycles. The van der Waals surface area contributed by atoms with Crippen LogP contribution in [-0.2, 0) is 0 Å². The van der Waals surface area contributed by atoms with Crippen LogP contribution in [0.3, 0.4) is 0 Å². The lowest BCUT2D eigenvalue weighted by molar-refractivity contribution is 0.395. The molecule has 0 amide bonds. The van der Waals surface area contributed by atoms with E-state index in [0.717, 1.165) is 18.2 Å². The van der Waals surface area contributed by atoms with Gasteiger partial charge < -0.3 is 10.1 Å². The van der Waals surface area contributed by atoms with Gasteiger partial charge in [0, 0.05) is 12.6 Å². The second-order valence-corrected chi connectivity index (χ2v) is 3.91. The van der Waals surface area contributed by atoms with Gasteiger partial charge in [0.25, 0.3) is 0 Å². The molecular formula is C12H21N3O. The van der Waals surface area contributed by atoms with Crippen LogP contribution in [0.5, 0.6) is 5.88 Å². The lowest BCUT2D eigenvalue weighted by Gasteiger charge is -2.14. The number of aryl methyl sites for hydroxylation is 1. The van der Waals surface area contributed by atoms with Crippen molar-refractivity contribution in [2.24, 2.45) is 5.92 Å². The number of hydrogen-bond donors (Lipinski definition) is 1. The van der Waals surface area contributed by atoms with E-state index >= 15 is 0 Å². The van der Waals surface area contributed by atoms with E-state index in [-0.39, 0.29) is 0 Å². The first-order valence-corrected chi connectivity index (χ1v) is 5.83. The minimum atomic E-state index is 0.611. The third-order valence-electron chi connectivity index (χ3n) is 2.75. The molecule has 0 saturated heterocycles. The van der Waals surface area contributed by atoms with Crippen molar-refractivity contribution in [2.45, 2.75) is 33.6 Å². The fourth-order valence-electron chi connectivity index (χ4n) is 1.56. The second-order valence-electron chi connectivity index (χ2n) is 3.91. The summed E-state index contributed by atoms with van der Waals surface area (Å²) < 4.78 is 5.10. The Morgan fingerprint density at radius 2 is 2.00 bits per heavy atom. The number of anilines is 1. The maximum absolute atomic E-state index is 5.10. The number of rotatable bonds is 6. The molecule has 4 heteroatoms. The minimum Gasteiger partial charge on any atom is -0.481 e. The molecule has 1 aromatic rings. The average molecular weight is 223 g/mol. The van der Waals surface area contributed by atoms with E-state index in [1.165, 1.54) is 12.8 Å². The van der Waals surface area contributed by atoms with Gasteiger partial charge in [-0.2, -0.15) is 4.98 Å². The largest absolute Gasteiger partial charge is 0.481 e. The van der Waals surface area contributed by atoms with Crippen LogP contribution in [0.4, 0.5) is 5.82 Å². The summed E-state index contributed by atoms with van der Waals surface area (Å²) >= 11 is 0. The third kappa shape index (κ3) is 3.68. The van der Waals surface area contributed by atoms with Gasteiger partial charge in [0.2, 0.25) is 5.88 Å². The first-order valence-electron chi connectivity index (χ1n) is 5.83. The van der Waals surface area contributed by atoms with Gasteiger partial charge >= 0.3 is 0 Å². The molecule has 4 nitrogen and oxygen atoms in total. The third-order valence-corrected chi connectivity index (χ3v) is 2.75. The monoisotopic (exact) mass is 223 g/mol. The summed E-state index contributed by atoms with van der Waals surface area (Å²) in [4.78, 5) is 8.47. The fraction of sp³-hybridized carbons (Fsp3) is 0.667. The topological polar surface area (TPSA) is 47.0 Å². The zero-order valence-corrected chi connectivity index (χ0v) is 10.6. The molecule has 0 radical (unpaired) electrons. The molecule has 90 valence electrons.